The van der Waals surface area contributed by atoms with Crippen LogP contribution in [0.2, 0.25) is 0 Å². The highest BCUT2D eigenvalue weighted by atomic mass is 32.2. The van der Waals surface area contributed by atoms with Crippen LogP contribution in [0.15, 0.2) is 47.4 Å². The van der Waals surface area contributed by atoms with Crippen LogP contribution in [0.5, 0.6) is 0 Å². The summed E-state index contributed by atoms with van der Waals surface area (Å²) in [4.78, 5) is 26.3. The Hall–Kier alpha value is -2.87. The molecule has 2 heterocycles. The fourth-order valence-corrected chi connectivity index (χ4v) is 6.02. The molecule has 0 N–H and O–H groups in total. The van der Waals surface area contributed by atoms with Crippen molar-refractivity contribution in [1.29, 1.82) is 0 Å². The largest absolute Gasteiger partial charge is 0.465 e. The summed E-state index contributed by atoms with van der Waals surface area (Å²) in [5.41, 5.74) is 3.10. The molecule has 1 amide bonds. The number of sulfonamides is 1. The lowest BCUT2D eigenvalue weighted by Gasteiger charge is -2.27. The lowest BCUT2D eigenvalue weighted by atomic mass is 10.1. The van der Waals surface area contributed by atoms with Gasteiger partial charge in [-0.3, -0.25) is 13.9 Å². The molecular formula is C25H30N2O5S. The second-order valence-electron chi connectivity index (χ2n) is 9.07. The monoisotopic (exact) mass is 470 g/mol. The van der Waals surface area contributed by atoms with Gasteiger partial charge in [-0.2, -0.15) is 0 Å². The fraction of sp³-hybridized carbons (Fsp3) is 0.440. The number of carbonyl (C=O) groups is 2. The van der Waals surface area contributed by atoms with Gasteiger partial charge in [0.2, 0.25) is 5.91 Å². The lowest BCUT2D eigenvalue weighted by molar-refractivity contribution is -0.141. The average Bonchev–Trinajstić information content (AvgIpc) is 3.34. The molecule has 0 aromatic heterocycles. The molecule has 33 heavy (non-hydrogen) atoms. The third kappa shape index (κ3) is 4.62. The van der Waals surface area contributed by atoms with Crippen LogP contribution in [0.25, 0.3) is 0 Å². The van der Waals surface area contributed by atoms with Crippen LogP contribution in [-0.4, -0.2) is 40.0 Å². The molecule has 2 aromatic rings. The molecule has 2 aromatic carbocycles. The van der Waals surface area contributed by atoms with Gasteiger partial charge in [0, 0.05) is 18.8 Å². The predicted molar refractivity (Wildman–Crippen MR) is 127 cm³/mol. The number of nitrogens with zero attached hydrogens (tertiary/aromatic N) is 2. The van der Waals surface area contributed by atoms with Gasteiger partial charge in [-0.15, -0.1) is 0 Å². The zero-order valence-corrected chi connectivity index (χ0v) is 20.1. The number of fused-ring (bicyclic) bond motifs is 1. The van der Waals surface area contributed by atoms with Crippen LogP contribution in [-0.2, 0) is 37.2 Å². The fourth-order valence-electron chi connectivity index (χ4n) is 4.34. The number of ether oxygens (including phenoxy) is 1. The molecule has 8 heteroatoms. The topological polar surface area (TPSA) is 84.0 Å². The van der Waals surface area contributed by atoms with Gasteiger partial charge in [0.15, 0.2) is 0 Å². The van der Waals surface area contributed by atoms with E-state index < -0.39 is 10.0 Å². The maximum atomic E-state index is 13.7. The van der Waals surface area contributed by atoms with Crippen molar-refractivity contribution in [3.63, 3.8) is 0 Å². The van der Waals surface area contributed by atoms with Gasteiger partial charge in [0.05, 0.1) is 29.5 Å². The van der Waals surface area contributed by atoms with Crippen molar-refractivity contribution in [2.45, 2.75) is 44.9 Å². The van der Waals surface area contributed by atoms with Gasteiger partial charge in [-0.05, 0) is 60.2 Å². The first-order chi connectivity index (χ1) is 15.7. The number of benzene rings is 2. The second kappa shape index (κ2) is 9.17. The molecule has 1 saturated heterocycles. The standard InChI is InChI=1S/C25H30N2O5S/c1-4-18-5-7-21(8-6-18)27(15-17(2)3)33(30,31)22-9-10-23-20(13-22)14-24(28)26(23)16-19-11-12-32-25(19)29/h5-10,13,17,19H,4,11-12,14-16H2,1-3H3. The molecule has 7 nitrogen and oxygen atoms in total. The Labute approximate surface area is 195 Å². The third-order valence-corrected chi connectivity index (χ3v) is 7.97. The summed E-state index contributed by atoms with van der Waals surface area (Å²) >= 11 is 0. The number of hydrogen-bond donors (Lipinski definition) is 0. The van der Waals surface area contributed by atoms with Gasteiger partial charge in [0.1, 0.15) is 0 Å². The predicted octanol–water partition coefficient (Wildman–Crippen LogP) is 3.55. The number of cyclic esters (lactones) is 1. The molecule has 0 spiro atoms. The van der Waals surface area contributed by atoms with E-state index in [9.17, 15) is 18.0 Å². The number of hydrogen-bond acceptors (Lipinski definition) is 5. The van der Waals surface area contributed by atoms with Crippen LogP contribution in [0.1, 0.15) is 38.3 Å². The molecule has 4 rings (SSSR count). The number of esters is 1. The minimum atomic E-state index is -3.83. The Morgan fingerprint density at radius 3 is 2.45 bits per heavy atom. The molecule has 2 aliphatic rings. The van der Waals surface area contributed by atoms with Crippen molar-refractivity contribution in [1.82, 2.24) is 0 Å². The Morgan fingerprint density at radius 2 is 1.85 bits per heavy atom. The molecule has 1 unspecified atom stereocenters. The van der Waals surface area contributed by atoms with Gasteiger partial charge < -0.3 is 9.64 Å². The lowest BCUT2D eigenvalue weighted by Crippen LogP contribution is -2.34. The smallest absolute Gasteiger partial charge is 0.310 e. The van der Waals surface area contributed by atoms with Crippen molar-refractivity contribution in [2.75, 3.05) is 28.9 Å². The summed E-state index contributed by atoms with van der Waals surface area (Å²) in [6.45, 7) is 7.01. The molecule has 0 radical (unpaired) electrons. The Kier molecular flexibility index (Phi) is 6.47. The normalized spacial score (nSPS) is 18.1. The van der Waals surface area contributed by atoms with Gasteiger partial charge in [-0.1, -0.05) is 32.9 Å². The number of anilines is 2. The summed E-state index contributed by atoms with van der Waals surface area (Å²) in [5, 5.41) is 0. The zero-order chi connectivity index (χ0) is 23.8. The zero-order valence-electron chi connectivity index (χ0n) is 19.3. The number of carbonyl (C=O) groups excluding carboxylic acids is 2. The van der Waals surface area contributed by atoms with E-state index in [1.807, 2.05) is 38.1 Å². The summed E-state index contributed by atoms with van der Waals surface area (Å²) in [5.74, 6) is -0.624. The molecule has 176 valence electrons. The summed E-state index contributed by atoms with van der Waals surface area (Å²) in [6, 6.07) is 12.4. The summed E-state index contributed by atoms with van der Waals surface area (Å²) < 4.78 is 33.8. The van der Waals surface area contributed by atoms with Gasteiger partial charge in [0.25, 0.3) is 10.0 Å². The third-order valence-electron chi connectivity index (χ3n) is 6.18. The maximum absolute atomic E-state index is 13.7. The van der Waals surface area contributed by atoms with Crippen LogP contribution in [0.4, 0.5) is 11.4 Å². The van der Waals surface area contributed by atoms with E-state index in [2.05, 4.69) is 6.92 Å². The van der Waals surface area contributed by atoms with Crippen molar-refractivity contribution in [2.24, 2.45) is 11.8 Å². The molecule has 2 aliphatic heterocycles. The van der Waals surface area contributed by atoms with E-state index in [0.29, 0.717) is 36.5 Å². The number of rotatable bonds is 8. The molecular weight excluding hydrogens is 440 g/mol. The summed E-state index contributed by atoms with van der Waals surface area (Å²) in [6.07, 6.45) is 1.59. The van der Waals surface area contributed by atoms with E-state index >= 15 is 0 Å². The quantitative estimate of drug-likeness (QED) is 0.551. The molecule has 1 fully saturated rings. The van der Waals surface area contributed by atoms with Crippen LogP contribution >= 0.6 is 0 Å². The number of aryl methyl sites for hydroxylation is 1. The van der Waals surface area contributed by atoms with Crippen molar-refractivity contribution < 1.29 is 22.7 Å². The van der Waals surface area contributed by atoms with Gasteiger partial charge >= 0.3 is 5.97 Å². The Morgan fingerprint density at radius 1 is 1.12 bits per heavy atom. The van der Waals surface area contributed by atoms with E-state index in [0.717, 1.165) is 12.0 Å². The second-order valence-corrected chi connectivity index (χ2v) is 10.9. The molecule has 1 atom stereocenters. The Balaban J connectivity index is 1.65. The minimum absolute atomic E-state index is 0.121. The highest BCUT2D eigenvalue weighted by Gasteiger charge is 2.36. The maximum Gasteiger partial charge on any atom is 0.310 e. The molecule has 0 aliphatic carbocycles. The van der Waals surface area contributed by atoms with Crippen molar-refractivity contribution in [3.8, 4) is 0 Å². The van der Waals surface area contributed by atoms with E-state index in [1.54, 1.807) is 23.1 Å². The van der Waals surface area contributed by atoms with E-state index in [1.165, 1.54) is 4.31 Å². The summed E-state index contributed by atoms with van der Waals surface area (Å²) in [7, 11) is -3.83. The van der Waals surface area contributed by atoms with Crippen molar-refractivity contribution >= 4 is 33.3 Å². The average molecular weight is 471 g/mol. The van der Waals surface area contributed by atoms with E-state index in [-0.39, 0.29) is 41.6 Å². The van der Waals surface area contributed by atoms with Crippen LogP contribution in [0.3, 0.4) is 0 Å². The first-order valence-corrected chi connectivity index (χ1v) is 12.9. The SMILES string of the molecule is CCc1ccc(N(CC(C)C)S(=O)(=O)c2ccc3c(c2)CC(=O)N3CC2CCOC2=O)cc1. The highest BCUT2D eigenvalue weighted by molar-refractivity contribution is 7.92. The Bertz CT molecular complexity index is 1160. The first kappa shape index (κ1) is 23.3. The first-order valence-electron chi connectivity index (χ1n) is 11.4. The van der Waals surface area contributed by atoms with Gasteiger partial charge in [-0.25, -0.2) is 8.42 Å². The molecule has 0 bridgehead atoms. The highest BCUT2D eigenvalue weighted by Crippen LogP contribution is 2.34. The molecule has 0 saturated carbocycles. The number of amides is 1. The minimum Gasteiger partial charge on any atom is -0.465 e. The van der Waals surface area contributed by atoms with Crippen LogP contribution < -0.4 is 9.21 Å². The van der Waals surface area contributed by atoms with Crippen LogP contribution in [0, 0.1) is 11.8 Å². The van der Waals surface area contributed by atoms with Crippen molar-refractivity contribution in [3.05, 3.63) is 53.6 Å². The van der Waals surface area contributed by atoms with E-state index in [4.69, 9.17) is 4.74 Å².